The predicted octanol–water partition coefficient (Wildman–Crippen LogP) is 1.19. The summed E-state index contributed by atoms with van der Waals surface area (Å²) in [5.41, 5.74) is 2.08. The molecular weight excluding hydrogens is 328 g/mol. The average Bonchev–Trinajstić information content (AvgIpc) is 3.20. The number of aromatic nitrogens is 4. The van der Waals surface area contributed by atoms with Crippen molar-refractivity contribution in [1.82, 2.24) is 30.8 Å². The second kappa shape index (κ2) is 8.75. The normalized spacial score (nSPS) is 16.6. The first-order valence-electron chi connectivity index (χ1n) is 8.03. The molecule has 2 heterocycles. The lowest BCUT2D eigenvalue weighted by Crippen LogP contribution is -2.30. The van der Waals surface area contributed by atoms with E-state index in [-0.39, 0.29) is 24.9 Å². The number of rotatable bonds is 6. The second-order valence-corrected chi connectivity index (χ2v) is 6.01. The highest BCUT2D eigenvalue weighted by molar-refractivity contribution is 5.85. The van der Waals surface area contributed by atoms with Crippen LogP contribution in [0.4, 0.5) is 0 Å². The highest BCUT2D eigenvalue weighted by Gasteiger charge is 2.14. The summed E-state index contributed by atoms with van der Waals surface area (Å²) in [5, 5.41) is 18.5. The molecule has 1 amide bonds. The van der Waals surface area contributed by atoms with Gasteiger partial charge in [0.25, 0.3) is 0 Å². The molecule has 0 bridgehead atoms. The number of hydrogen-bond acceptors (Lipinski definition) is 5. The molecule has 7 nitrogen and oxygen atoms in total. The lowest BCUT2D eigenvalue weighted by atomic mass is 10.1. The molecule has 1 aromatic carbocycles. The minimum Gasteiger partial charge on any atom is -0.354 e. The van der Waals surface area contributed by atoms with Crippen molar-refractivity contribution < 1.29 is 4.79 Å². The molecule has 0 aliphatic carbocycles. The molecule has 1 aromatic heterocycles. The van der Waals surface area contributed by atoms with Crippen LogP contribution < -0.4 is 10.6 Å². The van der Waals surface area contributed by atoms with E-state index in [9.17, 15) is 4.79 Å². The summed E-state index contributed by atoms with van der Waals surface area (Å²) < 4.78 is 0. The number of hydrogen-bond donors (Lipinski definition) is 2. The van der Waals surface area contributed by atoms with E-state index in [4.69, 9.17) is 0 Å². The van der Waals surface area contributed by atoms with Gasteiger partial charge in [-0.05, 0) is 44.0 Å². The summed E-state index contributed by atoms with van der Waals surface area (Å²) in [4.78, 5) is 13.3. The van der Waals surface area contributed by atoms with Gasteiger partial charge in [-0.2, -0.15) is 4.80 Å². The lowest BCUT2D eigenvalue weighted by molar-refractivity contribution is -0.122. The number of benzene rings is 1. The first-order chi connectivity index (χ1) is 11.2. The zero-order valence-corrected chi connectivity index (χ0v) is 14.6. The van der Waals surface area contributed by atoms with E-state index < -0.39 is 0 Å². The minimum atomic E-state index is -0.0798. The van der Waals surface area contributed by atoms with Crippen molar-refractivity contribution in [2.75, 3.05) is 19.6 Å². The lowest BCUT2D eigenvalue weighted by Gasteiger charge is -2.08. The molecule has 1 fully saturated rings. The van der Waals surface area contributed by atoms with E-state index in [0.717, 1.165) is 25.1 Å². The van der Waals surface area contributed by atoms with E-state index in [0.29, 0.717) is 18.3 Å². The zero-order chi connectivity index (χ0) is 16.1. The third-order valence-electron chi connectivity index (χ3n) is 4.08. The maximum atomic E-state index is 11.9. The Hall–Kier alpha value is -1.99. The van der Waals surface area contributed by atoms with Crippen LogP contribution in [-0.2, 0) is 11.3 Å². The van der Waals surface area contributed by atoms with Gasteiger partial charge in [-0.1, -0.05) is 29.8 Å². The van der Waals surface area contributed by atoms with Crippen molar-refractivity contribution in [2.45, 2.75) is 26.3 Å². The van der Waals surface area contributed by atoms with Crippen molar-refractivity contribution in [1.29, 1.82) is 0 Å². The number of carbonyl (C=O) groups is 1. The van der Waals surface area contributed by atoms with E-state index in [1.807, 2.05) is 31.2 Å². The van der Waals surface area contributed by atoms with Crippen LogP contribution in [0.3, 0.4) is 0 Å². The summed E-state index contributed by atoms with van der Waals surface area (Å²) in [7, 11) is 0. The van der Waals surface area contributed by atoms with Gasteiger partial charge < -0.3 is 10.6 Å². The number of aryl methyl sites for hydroxylation is 1. The summed E-state index contributed by atoms with van der Waals surface area (Å²) in [6.45, 7) is 4.97. The molecule has 0 spiro atoms. The molecule has 1 atom stereocenters. The summed E-state index contributed by atoms with van der Waals surface area (Å²) in [5.74, 6) is 1.13. The zero-order valence-electron chi connectivity index (χ0n) is 13.7. The Bertz CT molecular complexity index is 651. The van der Waals surface area contributed by atoms with Gasteiger partial charge in [-0.15, -0.1) is 22.6 Å². The van der Waals surface area contributed by atoms with Gasteiger partial charge in [0.2, 0.25) is 11.7 Å². The third-order valence-corrected chi connectivity index (χ3v) is 4.08. The van der Waals surface area contributed by atoms with Crippen molar-refractivity contribution in [2.24, 2.45) is 5.92 Å². The fourth-order valence-corrected chi connectivity index (χ4v) is 2.69. The smallest absolute Gasteiger partial charge is 0.243 e. The van der Waals surface area contributed by atoms with Gasteiger partial charge in [-0.3, -0.25) is 4.79 Å². The SMILES string of the molecule is Cc1ccc(-c2nnn(CC(=O)NCCC3CCNC3)n2)cc1.Cl. The van der Waals surface area contributed by atoms with Gasteiger partial charge in [0, 0.05) is 12.1 Å². The van der Waals surface area contributed by atoms with E-state index in [2.05, 4.69) is 26.0 Å². The molecule has 0 radical (unpaired) electrons. The summed E-state index contributed by atoms with van der Waals surface area (Å²) in [6.07, 6.45) is 2.21. The molecule has 2 N–H and O–H groups in total. The van der Waals surface area contributed by atoms with Crippen LogP contribution in [0.25, 0.3) is 11.4 Å². The van der Waals surface area contributed by atoms with Gasteiger partial charge in [0.1, 0.15) is 6.54 Å². The fourth-order valence-electron chi connectivity index (χ4n) is 2.69. The van der Waals surface area contributed by atoms with Crippen molar-refractivity contribution in [3.05, 3.63) is 29.8 Å². The molecule has 24 heavy (non-hydrogen) atoms. The number of nitrogens with zero attached hydrogens (tertiary/aromatic N) is 4. The van der Waals surface area contributed by atoms with E-state index in [1.165, 1.54) is 16.8 Å². The van der Waals surface area contributed by atoms with Crippen LogP contribution in [0.15, 0.2) is 24.3 Å². The molecule has 1 aliphatic heterocycles. The summed E-state index contributed by atoms with van der Waals surface area (Å²) in [6, 6.07) is 7.90. The average molecular weight is 351 g/mol. The van der Waals surface area contributed by atoms with E-state index >= 15 is 0 Å². The standard InChI is InChI=1S/C16H22N6O.ClH/c1-12-2-4-14(5-3-12)16-19-21-22(20-16)11-15(23)18-9-7-13-6-8-17-10-13;/h2-5,13,17H,6-11H2,1H3,(H,18,23);1H. The van der Waals surface area contributed by atoms with Crippen LogP contribution in [0.1, 0.15) is 18.4 Å². The number of nitrogens with one attached hydrogen (secondary N) is 2. The van der Waals surface area contributed by atoms with E-state index in [1.54, 1.807) is 0 Å². The summed E-state index contributed by atoms with van der Waals surface area (Å²) >= 11 is 0. The predicted molar refractivity (Wildman–Crippen MR) is 93.8 cm³/mol. The Balaban J connectivity index is 0.00000208. The molecule has 8 heteroatoms. The van der Waals surface area contributed by atoms with Crippen molar-refractivity contribution >= 4 is 18.3 Å². The first-order valence-corrected chi connectivity index (χ1v) is 8.03. The van der Waals surface area contributed by atoms with Crippen molar-refractivity contribution in [3.63, 3.8) is 0 Å². The van der Waals surface area contributed by atoms with Crippen LogP contribution in [0, 0.1) is 12.8 Å². The van der Waals surface area contributed by atoms with Gasteiger partial charge in [-0.25, -0.2) is 0 Å². The van der Waals surface area contributed by atoms with Crippen LogP contribution in [0.2, 0.25) is 0 Å². The number of tetrazole rings is 1. The van der Waals surface area contributed by atoms with Crippen molar-refractivity contribution in [3.8, 4) is 11.4 Å². The maximum absolute atomic E-state index is 11.9. The number of halogens is 1. The minimum absolute atomic E-state index is 0. The van der Waals surface area contributed by atoms with Crippen LogP contribution in [0.5, 0.6) is 0 Å². The maximum Gasteiger partial charge on any atom is 0.243 e. The molecule has 3 rings (SSSR count). The van der Waals surface area contributed by atoms with Gasteiger partial charge in [0.15, 0.2) is 0 Å². The Morgan fingerprint density at radius 2 is 2.17 bits per heavy atom. The molecule has 1 aliphatic rings. The quantitative estimate of drug-likeness (QED) is 0.817. The molecule has 1 unspecified atom stereocenters. The molecule has 1 saturated heterocycles. The van der Waals surface area contributed by atoms with Crippen LogP contribution >= 0.6 is 12.4 Å². The molecule has 2 aromatic rings. The molecular formula is C16H23ClN6O. The molecule has 0 saturated carbocycles. The highest BCUT2D eigenvalue weighted by Crippen LogP contribution is 2.14. The third kappa shape index (κ3) is 5.01. The van der Waals surface area contributed by atoms with Gasteiger partial charge in [0.05, 0.1) is 0 Å². The Kier molecular flexibility index (Phi) is 6.69. The number of carbonyl (C=O) groups excluding carboxylic acids is 1. The second-order valence-electron chi connectivity index (χ2n) is 6.01. The monoisotopic (exact) mass is 350 g/mol. The Morgan fingerprint density at radius 1 is 1.38 bits per heavy atom. The largest absolute Gasteiger partial charge is 0.354 e. The van der Waals surface area contributed by atoms with Gasteiger partial charge >= 0.3 is 0 Å². The first kappa shape index (κ1) is 18.4. The topological polar surface area (TPSA) is 84.7 Å². The molecule has 130 valence electrons. The Labute approximate surface area is 147 Å². The highest BCUT2D eigenvalue weighted by atomic mass is 35.5. The van der Waals surface area contributed by atoms with Crippen LogP contribution in [-0.4, -0.2) is 45.7 Å². The fraction of sp³-hybridized carbons (Fsp3) is 0.500. The Morgan fingerprint density at radius 3 is 2.88 bits per heavy atom. The number of amides is 1.